The highest BCUT2D eigenvalue weighted by atomic mass is 16.5. The first-order chi connectivity index (χ1) is 10.9. The predicted molar refractivity (Wildman–Crippen MR) is 90.2 cm³/mol. The van der Waals surface area contributed by atoms with E-state index in [1.165, 1.54) is 0 Å². The van der Waals surface area contributed by atoms with Crippen LogP contribution >= 0.6 is 0 Å². The van der Waals surface area contributed by atoms with Crippen LogP contribution in [-0.2, 0) is 4.79 Å². The molecule has 0 unspecified atom stereocenters. The van der Waals surface area contributed by atoms with Gasteiger partial charge in [-0.3, -0.25) is 4.79 Å². The normalized spacial score (nSPS) is 12.5. The molecule has 1 atom stereocenters. The Bertz CT molecular complexity index is 615. The number of carbonyl (C=O) groups excluding carboxylic acids is 1. The van der Waals surface area contributed by atoms with Crippen molar-refractivity contribution < 1.29 is 14.3 Å². The number of amides is 1. The third-order valence-electron chi connectivity index (χ3n) is 3.22. The van der Waals surface area contributed by atoms with Gasteiger partial charge < -0.3 is 14.8 Å². The van der Waals surface area contributed by atoms with Crippen LogP contribution in [0.2, 0.25) is 0 Å². The van der Waals surface area contributed by atoms with Gasteiger partial charge in [-0.1, -0.05) is 13.0 Å². The van der Waals surface area contributed by atoms with Crippen molar-refractivity contribution >= 4 is 12.0 Å². The minimum Gasteiger partial charge on any atom is -0.493 e. The molecule has 0 saturated heterocycles. The van der Waals surface area contributed by atoms with Gasteiger partial charge in [0.15, 0.2) is 11.5 Å². The number of nitriles is 1. The Morgan fingerprint density at radius 2 is 2.04 bits per heavy atom. The van der Waals surface area contributed by atoms with Crippen molar-refractivity contribution in [3.8, 4) is 17.6 Å². The van der Waals surface area contributed by atoms with E-state index in [4.69, 9.17) is 9.47 Å². The fourth-order valence-electron chi connectivity index (χ4n) is 1.84. The summed E-state index contributed by atoms with van der Waals surface area (Å²) in [5, 5.41) is 12.0. The van der Waals surface area contributed by atoms with E-state index in [1.807, 2.05) is 33.8 Å². The van der Waals surface area contributed by atoms with Gasteiger partial charge in [-0.15, -0.1) is 0 Å². The summed E-state index contributed by atoms with van der Waals surface area (Å²) in [6.07, 6.45) is 2.38. The number of benzene rings is 1. The second kappa shape index (κ2) is 8.84. The van der Waals surface area contributed by atoms with Crippen molar-refractivity contribution in [2.24, 2.45) is 0 Å². The Morgan fingerprint density at radius 3 is 2.57 bits per heavy atom. The maximum atomic E-state index is 12.1. The molecule has 124 valence electrons. The number of nitrogens with one attached hydrogen (secondary N) is 1. The van der Waals surface area contributed by atoms with Crippen LogP contribution in [0.4, 0.5) is 0 Å². The van der Waals surface area contributed by atoms with E-state index in [2.05, 4.69) is 5.32 Å². The van der Waals surface area contributed by atoms with E-state index in [-0.39, 0.29) is 23.6 Å². The molecule has 0 spiro atoms. The summed E-state index contributed by atoms with van der Waals surface area (Å²) < 4.78 is 11.0. The van der Waals surface area contributed by atoms with Crippen LogP contribution in [0.3, 0.4) is 0 Å². The molecule has 5 nitrogen and oxygen atoms in total. The summed E-state index contributed by atoms with van der Waals surface area (Å²) in [6.45, 7) is 7.73. The highest BCUT2D eigenvalue weighted by Crippen LogP contribution is 2.29. The lowest BCUT2D eigenvalue weighted by molar-refractivity contribution is -0.117. The lowest BCUT2D eigenvalue weighted by atomic mass is 10.1. The molecule has 0 aliphatic heterocycles. The summed E-state index contributed by atoms with van der Waals surface area (Å²) in [5.74, 6) is 0.817. The van der Waals surface area contributed by atoms with Gasteiger partial charge in [-0.05, 0) is 51.0 Å². The van der Waals surface area contributed by atoms with Crippen LogP contribution in [0.15, 0.2) is 23.8 Å². The van der Waals surface area contributed by atoms with Crippen LogP contribution in [-0.4, -0.2) is 25.2 Å². The third kappa shape index (κ3) is 5.67. The molecule has 0 aliphatic carbocycles. The monoisotopic (exact) mass is 316 g/mol. The number of ether oxygens (including phenoxy) is 2. The predicted octanol–water partition coefficient (Wildman–Crippen LogP) is 3.30. The number of methoxy groups -OCH3 is 1. The Kier molecular flexibility index (Phi) is 7.14. The van der Waals surface area contributed by atoms with Crippen molar-refractivity contribution in [1.29, 1.82) is 5.26 Å². The molecular formula is C18H24N2O3. The molecule has 1 amide bonds. The van der Waals surface area contributed by atoms with Crippen molar-refractivity contribution in [2.75, 3.05) is 7.11 Å². The molecule has 1 rings (SSSR count). The average molecular weight is 316 g/mol. The quantitative estimate of drug-likeness (QED) is 0.619. The molecule has 0 radical (unpaired) electrons. The van der Waals surface area contributed by atoms with Crippen molar-refractivity contribution in [3.05, 3.63) is 29.3 Å². The van der Waals surface area contributed by atoms with Crippen LogP contribution in [0.5, 0.6) is 11.5 Å². The van der Waals surface area contributed by atoms with Gasteiger partial charge in [0.1, 0.15) is 11.6 Å². The van der Waals surface area contributed by atoms with E-state index in [9.17, 15) is 10.1 Å². The van der Waals surface area contributed by atoms with Gasteiger partial charge in [-0.2, -0.15) is 5.26 Å². The van der Waals surface area contributed by atoms with Gasteiger partial charge in [0.2, 0.25) is 0 Å². The molecule has 0 fully saturated rings. The number of rotatable bonds is 7. The number of nitrogens with zero attached hydrogens (tertiary/aromatic N) is 1. The standard InChI is InChI=1S/C18H24N2O3/c1-6-13(4)20-18(21)15(11-19)9-14-7-8-16(23-12(2)3)17(10-14)22-5/h7-10,12-13H,6H2,1-5H3,(H,20,21)/b15-9+/t13-/m0/s1. The molecule has 0 aromatic heterocycles. The molecule has 23 heavy (non-hydrogen) atoms. The highest BCUT2D eigenvalue weighted by Gasteiger charge is 2.12. The lowest BCUT2D eigenvalue weighted by Crippen LogP contribution is -2.32. The zero-order chi connectivity index (χ0) is 17.4. The first-order valence-corrected chi connectivity index (χ1v) is 7.68. The minimum atomic E-state index is -0.372. The maximum absolute atomic E-state index is 12.1. The van der Waals surface area contributed by atoms with E-state index in [0.717, 1.165) is 6.42 Å². The second-order valence-corrected chi connectivity index (χ2v) is 5.53. The summed E-state index contributed by atoms with van der Waals surface area (Å²) in [5.41, 5.74) is 0.763. The molecule has 1 aromatic rings. The minimum absolute atomic E-state index is 0.0237. The first kappa shape index (κ1) is 18.6. The molecule has 0 bridgehead atoms. The van der Waals surface area contributed by atoms with Crippen LogP contribution in [0.25, 0.3) is 6.08 Å². The molecule has 0 heterocycles. The Hall–Kier alpha value is -2.48. The van der Waals surface area contributed by atoms with Crippen molar-refractivity contribution in [1.82, 2.24) is 5.32 Å². The first-order valence-electron chi connectivity index (χ1n) is 7.68. The van der Waals surface area contributed by atoms with Gasteiger partial charge >= 0.3 is 0 Å². The number of carbonyl (C=O) groups is 1. The molecular weight excluding hydrogens is 292 g/mol. The smallest absolute Gasteiger partial charge is 0.262 e. The summed E-state index contributed by atoms with van der Waals surface area (Å²) in [6, 6.07) is 7.26. The van der Waals surface area contributed by atoms with E-state index in [0.29, 0.717) is 17.1 Å². The number of hydrogen-bond donors (Lipinski definition) is 1. The fraction of sp³-hybridized carbons (Fsp3) is 0.444. The van der Waals surface area contributed by atoms with Gasteiger partial charge in [0.25, 0.3) is 5.91 Å². The summed E-state index contributed by atoms with van der Waals surface area (Å²) >= 11 is 0. The Balaban J connectivity index is 3.05. The number of hydrogen-bond acceptors (Lipinski definition) is 4. The van der Waals surface area contributed by atoms with Crippen molar-refractivity contribution in [2.45, 2.75) is 46.3 Å². The highest BCUT2D eigenvalue weighted by molar-refractivity contribution is 6.01. The van der Waals surface area contributed by atoms with Crippen LogP contribution < -0.4 is 14.8 Å². The van der Waals surface area contributed by atoms with E-state index in [1.54, 1.807) is 31.4 Å². The van der Waals surface area contributed by atoms with Gasteiger partial charge in [0.05, 0.1) is 13.2 Å². The van der Waals surface area contributed by atoms with Crippen molar-refractivity contribution in [3.63, 3.8) is 0 Å². The fourth-order valence-corrected chi connectivity index (χ4v) is 1.84. The zero-order valence-electron chi connectivity index (χ0n) is 14.3. The molecule has 0 saturated carbocycles. The Morgan fingerprint density at radius 1 is 1.35 bits per heavy atom. The molecule has 5 heteroatoms. The SMILES string of the molecule is CC[C@H](C)NC(=O)/C(C#N)=C/c1ccc(OC(C)C)c(OC)c1. The van der Waals surface area contributed by atoms with E-state index >= 15 is 0 Å². The topological polar surface area (TPSA) is 71.4 Å². The largest absolute Gasteiger partial charge is 0.493 e. The zero-order valence-corrected chi connectivity index (χ0v) is 14.3. The third-order valence-corrected chi connectivity index (χ3v) is 3.22. The molecule has 1 aromatic carbocycles. The van der Waals surface area contributed by atoms with Gasteiger partial charge in [-0.25, -0.2) is 0 Å². The average Bonchev–Trinajstić information content (AvgIpc) is 2.52. The maximum Gasteiger partial charge on any atom is 0.262 e. The molecule has 0 aliphatic rings. The summed E-state index contributed by atoms with van der Waals surface area (Å²) in [4.78, 5) is 12.1. The van der Waals surface area contributed by atoms with Gasteiger partial charge in [0, 0.05) is 6.04 Å². The second-order valence-electron chi connectivity index (χ2n) is 5.53. The lowest BCUT2D eigenvalue weighted by Gasteiger charge is -2.14. The summed E-state index contributed by atoms with van der Waals surface area (Å²) in [7, 11) is 1.55. The van der Waals surface area contributed by atoms with E-state index < -0.39 is 0 Å². The van der Waals surface area contributed by atoms with Crippen LogP contribution in [0.1, 0.15) is 39.7 Å². The Labute approximate surface area is 137 Å². The van der Waals surface area contributed by atoms with Crippen LogP contribution in [0, 0.1) is 11.3 Å². The molecule has 1 N–H and O–H groups in total.